The Labute approximate surface area is 147 Å². The van der Waals surface area contributed by atoms with Gasteiger partial charge in [0.1, 0.15) is 17.7 Å². The van der Waals surface area contributed by atoms with Crippen LogP contribution >= 0.6 is 0 Å². The van der Waals surface area contributed by atoms with E-state index in [1.54, 1.807) is 6.08 Å². The highest BCUT2D eigenvalue weighted by molar-refractivity contribution is 5.69. The number of ether oxygens (including phenoxy) is 3. The molecule has 0 aliphatic carbocycles. The second-order valence-corrected chi connectivity index (χ2v) is 5.43. The number of hydrogen-bond donors (Lipinski definition) is 1. The van der Waals surface area contributed by atoms with Crippen molar-refractivity contribution in [1.82, 2.24) is 0 Å². The SMILES string of the molecule is C=C(C/C=C/OC(=O)CCC)COC(CO)c1cc(F)ccc1OC. The van der Waals surface area contributed by atoms with Gasteiger partial charge < -0.3 is 19.3 Å². The zero-order chi connectivity index (χ0) is 18.7. The van der Waals surface area contributed by atoms with E-state index in [0.717, 1.165) is 12.0 Å². The van der Waals surface area contributed by atoms with Gasteiger partial charge >= 0.3 is 5.97 Å². The Hall–Kier alpha value is -2.18. The van der Waals surface area contributed by atoms with Crippen LogP contribution in [0.1, 0.15) is 37.9 Å². The summed E-state index contributed by atoms with van der Waals surface area (Å²) in [7, 11) is 1.47. The average molecular weight is 352 g/mol. The Morgan fingerprint density at radius 2 is 2.20 bits per heavy atom. The summed E-state index contributed by atoms with van der Waals surface area (Å²) in [6.07, 6.45) is 3.84. The second-order valence-electron chi connectivity index (χ2n) is 5.43. The molecule has 138 valence electrons. The van der Waals surface area contributed by atoms with E-state index < -0.39 is 11.9 Å². The first-order valence-corrected chi connectivity index (χ1v) is 8.08. The first kappa shape index (κ1) is 20.9. The van der Waals surface area contributed by atoms with Crippen LogP contribution in [-0.2, 0) is 14.3 Å². The number of hydrogen-bond acceptors (Lipinski definition) is 5. The van der Waals surface area contributed by atoms with Crippen molar-refractivity contribution in [2.24, 2.45) is 0 Å². The first-order chi connectivity index (χ1) is 12.0. The lowest BCUT2D eigenvalue weighted by Crippen LogP contribution is -2.12. The number of methoxy groups -OCH3 is 1. The van der Waals surface area contributed by atoms with E-state index in [1.807, 2.05) is 6.92 Å². The predicted octanol–water partition coefficient (Wildman–Crippen LogP) is 3.69. The lowest BCUT2D eigenvalue weighted by Gasteiger charge is -2.19. The minimum absolute atomic E-state index is 0.165. The fourth-order valence-electron chi connectivity index (χ4n) is 2.08. The van der Waals surface area contributed by atoms with Crippen LogP contribution in [0.4, 0.5) is 4.39 Å². The van der Waals surface area contributed by atoms with Crippen LogP contribution < -0.4 is 4.74 Å². The van der Waals surface area contributed by atoms with E-state index in [0.29, 0.717) is 24.2 Å². The first-order valence-electron chi connectivity index (χ1n) is 8.08. The van der Waals surface area contributed by atoms with Crippen LogP contribution in [0.5, 0.6) is 5.75 Å². The lowest BCUT2D eigenvalue weighted by atomic mass is 10.1. The highest BCUT2D eigenvalue weighted by Gasteiger charge is 2.17. The van der Waals surface area contributed by atoms with Gasteiger partial charge in [-0.25, -0.2) is 4.39 Å². The van der Waals surface area contributed by atoms with E-state index in [9.17, 15) is 14.3 Å². The minimum Gasteiger partial charge on any atom is -0.496 e. The van der Waals surface area contributed by atoms with Crippen LogP contribution in [0.25, 0.3) is 0 Å². The van der Waals surface area contributed by atoms with Crippen molar-refractivity contribution in [1.29, 1.82) is 0 Å². The maximum absolute atomic E-state index is 13.4. The van der Waals surface area contributed by atoms with Crippen molar-refractivity contribution in [2.75, 3.05) is 20.3 Å². The second kappa shape index (κ2) is 11.4. The zero-order valence-electron chi connectivity index (χ0n) is 14.7. The molecule has 0 saturated carbocycles. The van der Waals surface area contributed by atoms with E-state index in [4.69, 9.17) is 14.2 Å². The van der Waals surface area contributed by atoms with E-state index in [1.165, 1.54) is 31.6 Å². The maximum atomic E-state index is 13.4. The number of carbonyl (C=O) groups excluding carboxylic acids is 1. The molecule has 1 N–H and O–H groups in total. The molecule has 0 aliphatic rings. The molecule has 0 heterocycles. The van der Waals surface area contributed by atoms with E-state index in [2.05, 4.69) is 6.58 Å². The van der Waals surface area contributed by atoms with Gasteiger partial charge in [0.25, 0.3) is 0 Å². The number of benzene rings is 1. The summed E-state index contributed by atoms with van der Waals surface area (Å²) < 4.78 is 29.1. The molecule has 6 heteroatoms. The topological polar surface area (TPSA) is 65.0 Å². The molecule has 0 fully saturated rings. The molecule has 0 amide bonds. The molecule has 0 saturated heterocycles. The van der Waals surface area contributed by atoms with Gasteiger partial charge in [-0.3, -0.25) is 4.79 Å². The Morgan fingerprint density at radius 1 is 1.44 bits per heavy atom. The molecule has 0 aromatic heterocycles. The fourth-order valence-corrected chi connectivity index (χ4v) is 2.08. The van der Waals surface area contributed by atoms with Crippen LogP contribution in [-0.4, -0.2) is 31.4 Å². The van der Waals surface area contributed by atoms with Crippen molar-refractivity contribution >= 4 is 5.97 Å². The molecule has 1 aromatic rings. The third kappa shape index (κ3) is 7.49. The number of aliphatic hydroxyl groups excluding tert-OH is 1. The van der Waals surface area contributed by atoms with Gasteiger partial charge in [-0.15, -0.1) is 0 Å². The van der Waals surface area contributed by atoms with Gasteiger partial charge in [0.15, 0.2) is 0 Å². The molecule has 1 rings (SSSR count). The number of rotatable bonds is 11. The summed E-state index contributed by atoms with van der Waals surface area (Å²) >= 11 is 0. The maximum Gasteiger partial charge on any atom is 0.310 e. The summed E-state index contributed by atoms with van der Waals surface area (Å²) in [4.78, 5) is 11.2. The third-order valence-corrected chi connectivity index (χ3v) is 3.35. The molecule has 0 spiro atoms. The third-order valence-electron chi connectivity index (χ3n) is 3.35. The highest BCUT2D eigenvalue weighted by atomic mass is 19.1. The number of halogens is 1. The van der Waals surface area contributed by atoms with Gasteiger partial charge in [-0.05, 0) is 42.7 Å². The fraction of sp³-hybridized carbons (Fsp3) is 0.421. The molecule has 0 aliphatic heterocycles. The summed E-state index contributed by atoms with van der Waals surface area (Å²) in [5.41, 5.74) is 1.15. The van der Waals surface area contributed by atoms with E-state index >= 15 is 0 Å². The van der Waals surface area contributed by atoms with Crippen LogP contribution in [0.15, 0.2) is 42.7 Å². The van der Waals surface area contributed by atoms with E-state index in [-0.39, 0.29) is 19.2 Å². The molecule has 0 radical (unpaired) electrons. The van der Waals surface area contributed by atoms with Gasteiger partial charge in [-0.2, -0.15) is 0 Å². The molecule has 0 bridgehead atoms. The van der Waals surface area contributed by atoms with Gasteiger partial charge in [0, 0.05) is 12.0 Å². The molecule has 25 heavy (non-hydrogen) atoms. The van der Waals surface area contributed by atoms with Crippen molar-refractivity contribution in [3.63, 3.8) is 0 Å². The summed E-state index contributed by atoms with van der Waals surface area (Å²) in [6.45, 7) is 5.61. The Bertz CT molecular complexity index is 597. The molecule has 1 unspecified atom stereocenters. The molecule has 1 atom stereocenters. The van der Waals surface area contributed by atoms with Gasteiger partial charge in [0.05, 0.1) is 26.6 Å². The Morgan fingerprint density at radius 3 is 2.84 bits per heavy atom. The highest BCUT2D eigenvalue weighted by Crippen LogP contribution is 2.28. The number of aliphatic hydroxyl groups is 1. The Kier molecular flexibility index (Phi) is 9.50. The zero-order valence-corrected chi connectivity index (χ0v) is 14.7. The van der Waals surface area contributed by atoms with Gasteiger partial charge in [-0.1, -0.05) is 13.5 Å². The minimum atomic E-state index is -0.728. The largest absolute Gasteiger partial charge is 0.496 e. The molecule has 5 nitrogen and oxygen atoms in total. The Balaban J connectivity index is 2.52. The summed E-state index contributed by atoms with van der Waals surface area (Å²) in [6, 6.07) is 4.04. The monoisotopic (exact) mass is 352 g/mol. The van der Waals surface area contributed by atoms with Crippen LogP contribution in [0.2, 0.25) is 0 Å². The number of carbonyl (C=O) groups is 1. The molecular weight excluding hydrogens is 327 g/mol. The summed E-state index contributed by atoms with van der Waals surface area (Å²) in [5.74, 6) is -0.276. The molecular formula is C19H25FO5. The smallest absolute Gasteiger partial charge is 0.310 e. The van der Waals surface area contributed by atoms with Gasteiger partial charge in [0.2, 0.25) is 0 Å². The number of esters is 1. The molecule has 1 aromatic carbocycles. The lowest BCUT2D eigenvalue weighted by molar-refractivity contribution is -0.138. The van der Waals surface area contributed by atoms with Crippen molar-refractivity contribution in [3.05, 3.63) is 54.1 Å². The van der Waals surface area contributed by atoms with Crippen molar-refractivity contribution in [2.45, 2.75) is 32.3 Å². The van der Waals surface area contributed by atoms with Crippen LogP contribution in [0, 0.1) is 5.82 Å². The summed E-state index contributed by atoms with van der Waals surface area (Å²) in [5, 5.41) is 9.52. The average Bonchev–Trinajstić information content (AvgIpc) is 2.60. The van der Waals surface area contributed by atoms with Crippen molar-refractivity contribution in [3.8, 4) is 5.75 Å². The van der Waals surface area contributed by atoms with Crippen molar-refractivity contribution < 1.29 is 28.5 Å². The van der Waals surface area contributed by atoms with Crippen LogP contribution in [0.3, 0.4) is 0 Å². The number of allylic oxidation sites excluding steroid dienone is 1. The normalized spacial score (nSPS) is 12.2. The standard InChI is InChI=1S/C19H25FO5/c1-4-6-19(22)24-10-5-7-14(2)13-25-18(12-21)16-11-15(20)8-9-17(16)23-3/h5,8-11,18,21H,2,4,6-7,12-13H2,1,3H3/b10-5+. The quantitative estimate of drug-likeness (QED) is 0.374. The predicted molar refractivity (Wildman–Crippen MR) is 92.6 cm³/mol.